The number of ketones is 1. The predicted octanol–water partition coefficient (Wildman–Crippen LogP) is 5.72. The van der Waals surface area contributed by atoms with Gasteiger partial charge in [-0.2, -0.15) is 0 Å². The SMILES string of the molecule is CC[Si]1(CC)C2=CC(=O)C=CC2=Nc2ccc(O)c(-c3cc(I)c(I)s3)c21. The first-order valence-electron chi connectivity index (χ1n) is 8.76. The maximum Gasteiger partial charge on any atom is 0.178 e. The highest BCUT2D eigenvalue weighted by Gasteiger charge is 2.45. The summed E-state index contributed by atoms with van der Waals surface area (Å²) in [5, 5.41) is 13.2. The summed E-state index contributed by atoms with van der Waals surface area (Å²) < 4.78 is 2.41. The van der Waals surface area contributed by atoms with Crippen LogP contribution in [0.15, 0.2) is 46.6 Å². The van der Waals surface area contributed by atoms with E-state index in [4.69, 9.17) is 4.99 Å². The minimum absolute atomic E-state index is 0.0353. The zero-order valence-electron chi connectivity index (χ0n) is 14.8. The van der Waals surface area contributed by atoms with Crippen molar-refractivity contribution in [1.29, 1.82) is 0 Å². The van der Waals surface area contributed by atoms with Crippen LogP contribution in [0.3, 0.4) is 0 Å². The summed E-state index contributed by atoms with van der Waals surface area (Å²) in [6, 6.07) is 7.77. The van der Waals surface area contributed by atoms with Gasteiger partial charge in [0.25, 0.3) is 0 Å². The van der Waals surface area contributed by atoms with E-state index in [1.54, 1.807) is 29.6 Å². The van der Waals surface area contributed by atoms with E-state index in [0.29, 0.717) is 5.75 Å². The van der Waals surface area contributed by atoms with Crippen molar-refractivity contribution >= 4 is 87.0 Å². The number of aromatic hydroxyl groups is 1. The normalized spacial score (nSPS) is 17.3. The molecule has 0 spiro atoms. The first kappa shape index (κ1) is 19.5. The van der Waals surface area contributed by atoms with Gasteiger partial charge >= 0.3 is 0 Å². The topological polar surface area (TPSA) is 49.7 Å². The Hall–Kier alpha value is -0.783. The van der Waals surface area contributed by atoms with Crippen LogP contribution < -0.4 is 5.19 Å². The van der Waals surface area contributed by atoms with Gasteiger partial charge in [0.05, 0.1) is 14.3 Å². The molecule has 138 valence electrons. The average Bonchev–Trinajstić information content (AvgIpc) is 2.99. The number of carbonyl (C=O) groups is 1. The van der Waals surface area contributed by atoms with Crippen LogP contribution in [0.2, 0.25) is 12.1 Å². The van der Waals surface area contributed by atoms with Crippen molar-refractivity contribution in [2.75, 3.05) is 0 Å². The molecule has 4 rings (SSSR count). The lowest BCUT2D eigenvalue weighted by Crippen LogP contribution is -2.54. The molecule has 1 N–H and O–H groups in total. The van der Waals surface area contributed by atoms with Gasteiger partial charge in [0.2, 0.25) is 0 Å². The standard InChI is InChI=1S/C20H17I2NO2SSi/c1-3-27(4-2)17-9-11(24)5-6-13(17)23-14-7-8-15(25)18(19(14)27)16-10-12(21)20(22)26-16/h5-10,25H,3-4H2,1-2H3. The van der Waals surface area contributed by atoms with Crippen LogP contribution in [0.4, 0.5) is 5.69 Å². The van der Waals surface area contributed by atoms with Gasteiger partial charge in [-0.15, -0.1) is 11.3 Å². The fourth-order valence-electron chi connectivity index (χ4n) is 4.12. The molecule has 0 radical (unpaired) electrons. The third kappa shape index (κ3) is 3.01. The summed E-state index contributed by atoms with van der Waals surface area (Å²) in [5.74, 6) is 0.339. The van der Waals surface area contributed by atoms with Gasteiger partial charge in [0.15, 0.2) is 5.78 Å². The molecule has 7 heteroatoms. The van der Waals surface area contributed by atoms with E-state index < -0.39 is 8.07 Å². The molecule has 2 aromatic rings. The van der Waals surface area contributed by atoms with Gasteiger partial charge in [0, 0.05) is 14.0 Å². The van der Waals surface area contributed by atoms with E-state index in [1.165, 1.54) is 11.6 Å². The van der Waals surface area contributed by atoms with Crippen molar-refractivity contribution in [3.63, 3.8) is 0 Å². The van der Waals surface area contributed by atoms with Gasteiger partial charge in [-0.05, 0) is 92.0 Å². The van der Waals surface area contributed by atoms with Crippen molar-refractivity contribution in [1.82, 2.24) is 0 Å². The molecular formula is C20H17I2NO2SSi. The minimum atomic E-state index is -2.22. The quantitative estimate of drug-likeness (QED) is 0.273. The smallest absolute Gasteiger partial charge is 0.178 e. The Morgan fingerprint density at radius 3 is 2.56 bits per heavy atom. The summed E-state index contributed by atoms with van der Waals surface area (Å²) in [6.07, 6.45) is 5.25. The molecule has 1 aromatic heterocycles. The van der Waals surface area contributed by atoms with E-state index in [9.17, 15) is 9.90 Å². The van der Waals surface area contributed by atoms with E-state index >= 15 is 0 Å². The Bertz CT molecular complexity index is 1040. The molecule has 0 atom stereocenters. The number of nitrogens with zero attached hydrogens (tertiary/aromatic N) is 1. The lowest BCUT2D eigenvalue weighted by atomic mass is 10.1. The number of phenols is 1. The Balaban J connectivity index is 2.11. The molecule has 27 heavy (non-hydrogen) atoms. The predicted molar refractivity (Wildman–Crippen MR) is 133 cm³/mol. The number of carbonyl (C=O) groups excluding carboxylic acids is 1. The Morgan fingerprint density at radius 2 is 1.93 bits per heavy atom. The fourth-order valence-corrected chi connectivity index (χ4v) is 11.4. The molecule has 2 aliphatic rings. The second-order valence-corrected chi connectivity index (χ2v) is 15.3. The third-order valence-electron chi connectivity index (χ3n) is 5.46. The molecule has 0 bridgehead atoms. The molecule has 1 aliphatic heterocycles. The fraction of sp³-hybridized carbons (Fsp3) is 0.200. The van der Waals surface area contributed by atoms with E-state index in [0.717, 1.165) is 39.1 Å². The van der Waals surface area contributed by atoms with Crippen LogP contribution in [0.25, 0.3) is 10.4 Å². The second kappa shape index (κ2) is 7.23. The Labute approximate surface area is 190 Å². The second-order valence-electron chi connectivity index (χ2n) is 6.67. The van der Waals surface area contributed by atoms with Crippen LogP contribution in [0.1, 0.15) is 13.8 Å². The highest BCUT2D eigenvalue weighted by Crippen LogP contribution is 2.44. The number of phenolic OH excluding ortho intramolecular Hbond substituents is 1. The van der Waals surface area contributed by atoms with Gasteiger partial charge in [-0.1, -0.05) is 25.9 Å². The lowest BCUT2D eigenvalue weighted by molar-refractivity contribution is -0.110. The van der Waals surface area contributed by atoms with Crippen LogP contribution in [-0.2, 0) is 4.79 Å². The molecule has 0 unspecified atom stereocenters. The summed E-state index contributed by atoms with van der Waals surface area (Å²) >= 11 is 6.39. The van der Waals surface area contributed by atoms with Gasteiger partial charge in [-0.25, -0.2) is 4.99 Å². The number of thiophene rings is 1. The molecule has 0 saturated heterocycles. The van der Waals surface area contributed by atoms with Crippen LogP contribution >= 0.6 is 56.5 Å². The molecule has 0 saturated carbocycles. The van der Waals surface area contributed by atoms with Gasteiger partial charge in [0.1, 0.15) is 13.8 Å². The maximum absolute atomic E-state index is 12.2. The number of hydrogen-bond acceptors (Lipinski definition) is 4. The van der Waals surface area contributed by atoms with E-state index in [1.807, 2.05) is 12.1 Å². The number of fused-ring (bicyclic) bond motifs is 2. The van der Waals surface area contributed by atoms with Crippen molar-refractivity contribution in [2.24, 2.45) is 4.99 Å². The highest BCUT2D eigenvalue weighted by atomic mass is 127. The van der Waals surface area contributed by atoms with E-state index in [-0.39, 0.29) is 5.78 Å². The first-order chi connectivity index (χ1) is 12.9. The molecule has 0 fully saturated rings. The number of rotatable bonds is 3. The maximum atomic E-state index is 12.2. The van der Waals surface area contributed by atoms with Gasteiger partial charge < -0.3 is 5.11 Å². The minimum Gasteiger partial charge on any atom is -0.507 e. The van der Waals surface area contributed by atoms with Crippen molar-refractivity contribution in [3.05, 3.63) is 48.1 Å². The third-order valence-corrected chi connectivity index (χ3v) is 15.2. The molecule has 1 aliphatic carbocycles. The molecule has 2 heterocycles. The summed E-state index contributed by atoms with van der Waals surface area (Å²) in [4.78, 5) is 18.1. The molecular weight excluding hydrogens is 600 g/mol. The van der Waals surface area contributed by atoms with Crippen LogP contribution in [0, 0.1) is 6.45 Å². The van der Waals surface area contributed by atoms with Crippen LogP contribution in [0.5, 0.6) is 5.75 Å². The number of hydrogen-bond donors (Lipinski definition) is 1. The van der Waals surface area contributed by atoms with Crippen molar-refractivity contribution in [3.8, 4) is 16.2 Å². The average molecular weight is 617 g/mol. The summed E-state index contributed by atoms with van der Waals surface area (Å²) in [7, 11) is -2.22. The molecule has 3 nitrogen and oxygen atoms in total. The number of allylic oxidation sites excluding steroid dienone is 4. The largest absolute Gasteiger partial charge is 0.507 e. The number of aliphatic imine (C=N–C) groups is 1. The summed E-state index contributed by atoms with van der Waals surface area (Å²) in [6.45, 7) is 4.42. The monoisotopic (exact) mass is 617 g/mol. The Morgan fingerprint density at radius 1 is 1.19 bits per heavy atom. The van der Waals surface area contributed by atoms with E-state index in [2.05, 4.69) is 65.1 Å². The first-order valence-corrected chi connectivity index (χ1v) is 14.1. The van der Waals surface area contributed by atoms with Crippen molar-refractivity contribution in [2.45, 2.75) is 25.9 Å². The zero-order chi connectivity index (χ0) is 19.3. The number of halogens is 2. The zero-order valence-corrected chi connectivity index (χ0v) is 21.0. The molecule has 0 amide bonds. The molecule has 1 aromatic carbocycles. The Kier molecular flexibility index (Phi) is 5.23. The lowest BCUT2D eigenvalue weighted by Gasteiger charge is -2.39. The van der Waals surface area contributed by atoms with Crippen molar-refractivity contribution < 1.29 is 9.90 Å². The van der Waals surface area contributed by atoms with Crippen LogP contribution in [-0.4, -0.2) is 24.7 Å². The number of benzene rings is 1. The van der Waals surface area contributed by atoms with Gasteiger partial charge in [-0.3, -0.25) is 4.79 Å². The summed E-state index contributed by atoms with van der Waals surface area (Å²) in [5.41, 5.74) is 2.78. The highest BCUT2D eigenvalue weighted by molar-refractivity contribution is 14.1.